The van der Waals surface area contributed by atoms with Gasteiger partial charge in [-0.1, -0.05) is 12.8 Å². The van der Waals surface area contributed by atoms with E-state index < -0.39 is 12.0 Å². The third-order valence-corrected chi connectivity index (χ3v) is 3.73. The Labute approximate surface area is 105 Å². The second-order valence-corrected chi connectivity index (χ2v) is 5.03. The average molecular weight is 254 g/mol. The Bertz CT molecular complexity index is 363. The molecule has 6 nitrogen and oxygen atoms in total. The molecule has 0 spiro atoms. The zero-order valence-electron chi connectivity index (χ0n) is 10.2. The maximum Gasteiger partial charge on any atom is 0.328 e. The van der Waals surface area contributed by atoms with Crippen molar-refractivity contribution in [1.82, 2.24) is 10.2 Å². The third-order valence-electron chi connectivity index (χ3n) is 3.73. The van der Waals surface area contributed by atoms with Crippen LogP contribution in [0.2, 0.25) is 0 Å². The molecule has 0 radical (unpaired) electrons. The quantitative estimate of drug-likeness (QED) is 0.741. The monoisotopic (exact) mass is 254 g/mol. The minimum Gasteiger partial charge on any atom is -0.480 e. The lowest BCUT2D eigenvalue weighted by molar-refractivity contribution is -0.154. The number of nitrogens with one attached hydrogen (secondary N) is 1. The number of rotatable bonds is 3. The first-order valence-electron chi connectivity index (χ1n) is 6.37. The van der Waals surface area contributed by atoms with Crippen LogP contribution in [0.1, 0.15) is 32.1 Å². The maximum absolute atomic E-state index is 12.1. The van der Waals surface area contributed by atoms with Crippen molar-refractivity contribution in [2.75, 3.05) is 13.1 Å². The van der Waals surface area contributed by atoms with Crippen molar-refractivity contribution >= 4 is 17.8 Å². The Hall–Kier alpha value is -1.59. The lowest BCUT2D eigenvalue weighted by Gasteiger charge is -2.33. The summed E-state index contributed by atoms with van der Waals surface area (Å²) in [5.41, 5.74) is 0. The summed E-state index contributed by atoms with van der Waals surface area (Å²) >= 11 is 0. The maximum atomic E-state index is 12.1. The number of nitrogens with zero attached hydrogens (tertiary/aromatic N) is 1. The predicted octanol–water partition coefficient (Wildman–Crippen LogP) is -0.0217. The number of carbonyl (C=O) groups is 3. The highest BCUT2D eigenvalue weighted by Gasteiger charge is 2.35. The Morgan fingerprint density at radius 1 is 1.33 bits per heavy atom. The molecule has 1 heterocycles. The van der Waals surface area contributed by atoms with Crippen molar-refractivity contribution in [3.63, 3.8) is 0 Å². The predicted molar refractivity (Wildman–Crippen MR) is 62.7 cm³/mol. The molecule has 18 heavy (non-hydrogen) atoms. The lowest BCUT2D eigenvalue weighted by atomic mass is 10.0. The van der Waals surface area contributed by atoms with E-state index in [1.165, 1.54) is 4.90 Å². The molecule has 1 aliphatic heterocycles. The summed E-state index contributed by atoms with van der Waals surface area (Å²) < 4.78 is 0. The van der Waals surface area contributed by atoms with E-state index in [1.54, 1.807) is 0 Å². The molecule has 1 saturated carbocycles. The first-order valence-corrected chi connectivity index (χ1v) is 6.37. The van der Waals surface area contributed by atoms with Crippen molar-refractivity contribution in [2.45, 2.75) is 38.1 Å². The van der Waals surface area contributed by atoms with Crippen molar-refractivity contribution < 1.29 is 19.5 Å². The number of amides is 2. The molecule has 0 aromatic carbocycles. The molecule has 0 aromatic heterocycles. The van der Waals surface area contributed by atoms with Crippen molar-refractivity contribution in [3.05, 3.63) is 0 Å². The van der Waals surface area contributed by atoms with E-state index in [0.29, 0.717) is 12.3 Å². The van der Waals surface area contributed by atoms with Crippen LogP contribution in [0, 0.1) is 5.92 Å². The van der Waals surface area contributed by atoms with Gasteiger partial charge in [0, 0.05) is 13.0 Å². The lowest BCUT2D eigenvalue weighted by Crippen LogP contribution is -2.59. The SMILES string of the molecule is O=C1CN(C(=O)CC2CCCC2)C(C(=O)O)CN1. The van der Waals surface area contributed by atoms with Gasteiger partial charge in [0.25, 0.3) is 0 Å². The summed E-state index contributed by atoms with van der Waals surface area (Å²) in [6, 6.07) is -0.920. The summed E-state index contributed by atoms with van der Waals surface area (Å²) in [6.07, 6.45) is 4.71. The topological polar surface area (TPSA) is 86.7 Å². The zero-order valence-corrected chi connectivity index (χ0v) is 10.2. The van der Waals surface area contributed by atoms with Gasteiger partial charge in [-0.05, 0) is 18.8 Å². The van der Waals surface area contributed by atoms with Crippen LogP contribution in [-0.4, -0.2) is 46.9 Å². The average Bonchev–Trinajstić information content (AvgIpc) is 2.81. The summed E-state index contributed by atoms with van der Waals surface area (Å²) in [5.74, 6) is -1.19. The van der Waals surface area contributed by atoms with Crippen LogP contribution in [-0.2, 0) is 14.4 Å². The fourth-order valence-corrected chi connectivity index (χ4v) is 2.70. The van der Waals surface area contributed by atoms with Gasteiger partial charge in [-0.25, -0.2) is 4.79 Å². The van der Waals surface area contributed by atoms with Crippen molar-refractivity contribution in [1.29, 1.82) is 0 Å². The van der Waals surface area contributed by atoms with Gasteiger partial charge in [0.1, 0.15) is 12.6 Å². The molecule has 2 aliphatic rings. The van der Waals surface area contributed by atoms with Gasteiger partial charge in [0.15, 0.2) is 0 Å². The smallest absolute Gasteiger partial charge is 0.328 e. The van der Waals surface area contributed by atoms with Crippen molar-refractivity contribution in [2.24, 2.45) is 5.92 Å². The highest BCUT2D eigenvalue weighted by Crippen LogP contribution is 2.28. The zero-order chi connectivity index (χ0) is 13.1. The molecule has 1 saturated heterocycles. The number of aliphatic carboxylic acids is 1. The number of piperazine rings is 1. The van der Waals surface area contributed by atoms with Gasteiger partial charge < -0.3 is 15.3 Å². The number of carboxylic acid groups (broad SMARTS) is 1. The molecule has 1 atom stereocenters. The Balaban J connectivity index is 1.99. The Kier molecular flexibility index (Phi) is 3.84. The minimum atomic E-state index is -1.06. The van der Waals surface area contributed by atoms with Gasteiger partial charge in [-0.2, -0.15) is 0 Å². The van der Waals surface area contributed by atoms with Crippen LogP contribution in [0.5, 0.6) is 0 Å². The Morgan fingerprint density at radius 3 is 2.61 bits per heavy atom. The number of carbonyl (C=O) groups excluding carboxylic acids is 2. The van der Waals surface area contributed by atoms with E-state index in [2.05, 4.69) is 5.32 Å². The Morgan fingerprint density at radius 2 is 2.00 bits per heavy atom. The molecule has 2 N–H and O–H groups in total. The third kappa shape index (κ3) is 2.80. The number of hydrogen-bond donors (Lipinski definition) is 2. The van der Waals surface area contributed by atoms with Crippen LogP contribution in [0.25, 0.3) is 0 Å². The van der Waals surface area contributed by atoms with Crippen LogP contribution >= 0.6 is 0 Å². The van der Waals surface area contributed by atoms with Gasteiger partial charge in [0.05, 0.1) is 0 Å². The van der Waals surface area contributed by atoms with Gasteiger partial charge in [-0.15, -0.1) is 0 Å². The number of hydrogen-bond acceptors (Lipinski definition) is 3. The fraction of sp³-hybridized carbons (Fsp3) is 0.750. The molecule has 0 bridgehead atoms. The summed E-state index contributed by atoms with van der Waals surface area (Å²) in [6.45, 7) is -0.132. The van der Waals surface area contributed by atoms with Crippen LogP contribution in [0.3, 0.4) is 0 Å². The molecule has 2 rings (SSSR count). The van der Waals surface area contributed by atoms with E-state index in [-0.39, 0.29) is 24.9 Å². The molecule has 2 fully saturated rings. The molecule has 1 unspecified atom stereocenters. The van der Waals surface area contributed by atoms with E-state index in [4.69, 9.17) is 5.11 Å². The van der Waals surface area contributed by atoms with Gasteiger partial charge in [-0.3, -0.25) is 9.59 Å². The summed E-state index contributed by atoms with van der Waals surface area (Å²) in [7, 11) is 0. The largest absolute Gasteiger partial charge is 0.480 e. The highest BCUT2D eigenvalue weighted by atomic mass is 16.4. The highest BCUT2D eigenvalue weighted by molar-refractivity contribution is 5.91. The fourth-order valence-electron chi connectivity index (χ4n) is 2.70. The molecular weight excluding hydrogens is 236 g/mol. The van der Waals surface area contributed by atoms with Crippen LogP contribution < -0.4 is 5.32 Å². The van der Waals surface area contributed by atoms with Crippen molar-refractivity contribution in [3.8, 4) is 0 Å². The van der Waals surface area contributed by atoms with E-state index in [1.807, 2.05) is 0 Å². The minimum absolute atomic E-state index is 0.00454. The van der Waals surface area contributed by atoms with E-state index in [9.17, 15) is 14.4 Å². The molecule has 2 amide bonds. The molecule has 1 aliphatic carbocycles. The standard InChI is InChI=1S/C12H18N2O4/c15-10-7-14(9(6-13-10)12(17)18)11(16)5-8-3-1-2-4-8/h8-9H,1-7H2,(H,13,15)(H,17,18). The molecular formula is C12H18N2O4. The first-order chi connectivity index (χ1) is 8.58. The summed E-state index contributed by atoms with van der Waals surface area (Å²) in [4.78, 5) is 35.7. The first kappa shape index (κ1) is 12.9. The van der Waals surface area contributed by atoms with Crippen LogP contribution in [0.4, 0.5) is 0 Å². The molecule has 6 heteroatoms. The van der Waals surface area contributed by atoms with Gasteiger partial charge in [0.2, 0.25) is 11.8 Å². The number of carboxylic acids is 1. The van der Waals surface area contributed by atoms with E-state index in [0.717, 1.165) is 25.7 Å². The van der Waals surface area contributed by atoms with E-state index >= 15 is 0 Å². The van der Waals surface area contributed by atoms with Crippen LogP contribution in [0.15, 0.2) is 0 Å². The summed E-state index contributed by atoms with van der Waals surface area (Å²) in [5, 5.41) is 11.5. The second kappa shape index (κ2) is 5.37. The molecule has 100 valence electrons. The van der Waals surface area contributed by atoms with Gasteiger partial charge >= 0.3 is 5.97 Å². The normalized spacial score (nSPS) is 25.0. The second-order valence-electron chi connectivity index (χ2n) is 5.03. The molecule has 0 aromatic rings.